The van der Waals surface area contributed by atoms with Crippen LogP contribution >= 0.6 is 0 Å². The van der Waals surface area contributed by atoms with E-state index in [0.717, 1.165) is 0 Å². The molecule has 0 saturated heterocycles. The van der Waals surface area contributed by atoms with Gasteiger partial charge in [-0.05, 0) is 28.7 Å². The first-order valence-electron chi connectivity index (χ1n) is 3.27. The monoisotopic (exact) mass is 114 g/mol. The molecule has 0 spiro atoms. The molecular weight excluding hydrogens is 108 g/mol. The second kappa shape index (κ2) is 0.971. The van der Waals surface area contributed by atoms with Crippen LogP contribution < -0.4 is 0 Å². The Kier molecular flexibility index (Phi) is 0.419. The van der Waals surface area contributed by atoms with Gasteiger partial charge in [0.25, 0.3) is 0 Å². The summed E-state index contributed by atoms with van der Waals surface area (Å²) in [4.78, 5) is 0. The predicted molar refractivity (Wildman–Crippen MR) is 36.9 cm³/mol. The van der Waals surface area contributed by atoms with Crippen LogP contribution in [0, 0.1) is 0 Å². The van der Waals surface area contributed by atoms with Crippen LogP contribution in [0.15, 0.2) is 46.6 Å². The fraction of sp³-hybridized carbons (Fsp3) is 0.111. The smallest absolute Gasteiger partial charge is 0.00192 e. The SMILES string of the molecule is C1=C2C=C3C1=CC=C3C2. The van der Waals surface area contributed by atoms with E-state index in [1.165, 1.54) is 28.7 Å². The lowest BCUT2D eigenvalue weighted by molar-refractivity contribution is 1.23. The van der Waals surface area contributed by atoms with E-state index in [0.29, 0.717) is 0 Å². The molecule has 0 unspecified atom stereocenters. The summed E-state index contributed by atoms with van der Waals surface area (Å²) >= 11 is 0. The second-order valence-electron chi connectivity index (χ2n) is 2.77. The standard InChI is InChI=1S/C9H6/c1-2-8-4-6-3-7(1)9(8)5-6/h1-3,5H,4H2. The summed E-state index contributed by atoms with van der Waals surface area (Å²) < 4.78 is 0. The van der Waals surface area contributed by atoms with Gasteiger partial charge in [0.2, 0.25) is 0 Å². The highest BCUT2D eigenvalue weighted by molar-refractivity contribution is 5.72. The van der Waals surface area contributed by atoms with Crippen molar-refractivity contribution in [2.45, 2.75) is 6.42 Å². The molecule has 0 saturated carbocycles. The Bertz CT molecular complexity index is 303. The number of rotatable bonds is 0. The average Bonchev–Trinajstić information content (AvgIpc) is 2.35. The summed E-state index contributed by atoms with van der Waals surface area (Å²) in [6.07, 6.45) is 10.2. The number of allylic oxidation sites excluding steroid dienone is 8. The van der Waals surface area contributed by atoms with Crippen LogP contribution in [-0.2, 0) is 0 Å². The van der Waals surface area contributed by atoms with Gasteiger partial charge < -0.3 is 0 Å². The molecule has 2 bridgehead atoms. The van der Waals surface area contributed by atoms with E-state index in [-0.39, 0.29) is 0 Å². The Morgan fingerprint density at radius 3 is 2.78 bits per heavy atom. The summed E-state index contributed by atoms with van der Waals surface area (Å²) in [5.74, 6) is 0. The van der Waals surface area contributed by atoms with E-state index in [9.17, 15) is 0 Å². The van der Waals surface area contributed by atoms with Gasteiger partial charge in [-0.25, -0.2) is 0 Å². The first kappa shape index (κ1) is 3.89. The van der Waals surface area contributed by atoms with Crippen LogP contribution in [0.1, 0.15) is 6.42 Å². The molecule has 3 rings (SSSR count). The molecule has 0 aromatic rings. The van der Waals surface area contributed by atoms with Crippen LogP contribution in [0.25, 0.3) is 0 Å². The highest BCUT2D eigenvalue weighted by Crippen LogP contribution is 2.44. The third-order valence-corrected chi connectivity index (χ3v) is 2.19. The topological polar surface area (TPSA) is 0 Å². The molecule has 0 nitrogen and oxygen atoms in total. The highest BCUT2D eigenvalue weighted by atomic mass is 14.3. The van der Waals surface area contributed by atoms with Gasteiger partial charge in [0.1, 0.15) is 0 Å². The first-order valence-corrected chi connectivity index (χ1v) is 3.27. The molecule has 0 heterocycles. The second-order valence-corrected chi connectivity index (χ2v) is 2.77. The van der Waals surface area contributed by atoms with Crippen LogP contribution in [0.5, 0.6) is 0 Å². The minimum absolute atomic E-state index is 1.19. The lowest BCUT2D eigenvalue weighted by Crippen LogP contribution is -1.83. The maximum atomic E-state index is 2.30. The quantitative estimate of drug-likeness (QED) is 0.452. The molecule has 0 fully saturated rings. The van der Waals surface area contributed by atoms with E-state index in [1.54, 1.807) is 0 Å². The summed E-state index contributed by atoms with van der Waals surface area (Å²) in [5, 5.41) is 0. The van der Waals surface area contributed by atoms with Crippen molar-refractivity contribution in [1.29, 1.82) is 0 Å². The van der Waals surface area contributed by atoms with Gasteiger partial charge in [0.05, 0.1) is 0 Å². The van der Waals surface area contributed by atoms with E-state index in [2.05, 4.69) is 24.3 Å². The molecule has 3 aliphatic carbocycles. The lowest BCUT2D eigenvalue weighted by Gasteiger charge is -2.01. The Labute approximate surface area is 53.9 Å². The van der Waals surface area contributed by atoms with Crippen LogP contribution in [-0.4, -0.2) is 0 Å². The molecule has 42 valence electrons. The van der Waals surface area contributed by atoms with Crippen molar-refractivity contribution >= 4 is 0 Å². The van der Waals surface area contributed by atoms with E-state index in [1.807, 2.05) is 0 Å². The zero-order valence-corrected chi connectivity index (χ0v) is 5.02. The molecule has 0 aliphatic heterocycles. The van der Waals surface area contributed by atoms with E-state index < -0.39 is 0 Å². The Morgan fingerprint density at radius 1 is 1.11 bits per heavy atom. The molecule has 3 aliphatic rings. The number of fused-ring (bicyclic) bond motifs is 1. The van der Waals surface area contributed by atoms with Crippen molar-refractivity contribution in [3.8, 4) is 0 Å². The van der Waals surface area contributed by atoms with Crippen molar-refractivity contribution < 1.29 is 0 Å². The van der Waals surface area contributed by atoms with Crippen LogP contribution in [0.4, 0.5) is 0 Å². The van der Waals surface area contributed by atoms with Gasteiger partial charge in [-0.1, -0.05) is 24.3 Å². The zero-order valence-electron chi connectivity index (χ0n) is 5.02. The molecular formula is C9H6. The third-order valence-electron chi connectivity index (χ3n) is 2.19. The van der Waals surface area contributed by atoms with Gasteiger partial charge in [-0.15, -0.1) is 0 Å². The molecule has 0 atom stereocenters. The van der Waals surface area contributed by atoms with E-state index in [4.69, 9.17) is 0 Å². The summed E-state index contributed by atoms with van der Waals surface area (Å²) in [6.45, 7) is 0. The summed E-state index contributed by atoms with van der Waals surface area (Å²) in [6, 6.07) is 0. The maximum Gasteiger partial charge on any atom is -0.00192 e. The molecule has 0 heteroatoms. The van der Waals surface area contributed by atoms with Crippen LogP contribution in [0.2, 0.25) is 0 Å². The third kappa shape index (κ3) is 0.298. The minimum atomic E-state index is 1.19. The van der Waals surface area contributed by atoms with Gasteiger partial charge in [-0.3, -0.25) is 0 Å². The Balaban J connectivity index is 2.49. The predicted octanol–water partition coefficient (Wildman–Crippen LogP) is 2.12. The van der Waals surface area contributed by atoms with Gasteiger partial charge >= 0.3 is 0 Å². The van der Waals surface area contributed by atoms with Gasteiger partial charge in [-0.2, -0.15) is 0 Å². The average molecular weight is 114 g/mol. The first-order chi connectivity index (χ1) is 4.43. The molecule has 0 amide bonds. The summed E-state index contributed by atoms with van der Waals surface area (Å²) in [7, 11) is 0. The Morgan fingerprint density at radius 2 is 2.11 bits per heavy atom. The summed E-state index contributed by atoms with van der Waals surface area (Å²) in [5.41, 5.74) is 5.96. The van der Waals surface area contributed by atoms with E-state index >= 15 is 0 Å². The largest absolute Gasteiger partial charge is 0.0575 e. The molecule has 9 heavy (non-hydrogen) atoms. The fourth-order valence-electron chi connectivity index (χ4n) is 1.76. The van der Waals surface area contributed by atoms with Crippen LogP contribution in [0.3, 0.4) is 0 Å². The minimum Gasteiger partial charge on any atom is -0.0575 e. The molecule has 0 aromatic carbocycles. The highest BCUT2D eigenvalue weighted by Gasteiger charge is 2.26. The molecule has 0 N–H and O–H groups in total. The van der Waals surface area contributed by atoms with Gasteiger partial charge in [0.15, 0.2) is 0 Å². The molecule has 0 aromatic heterocycles. The van der Waals surface area contributed by atoms with Crippen molar-refractivity contribution in [1.82, 2.24) is 0 Å². The Hall–Kier alpha value is -1.04. The number of hydrogen-bond acceptors (Lipinski definition) is 0. The van der Waals surface area contributed by atoms with Crippen molar-refractivity contribution in [3.63, 3.8) is 0 Å². The van der Waals surface area contributed by atoms with Crippen molar-refractivity contribution in [3.05, 3.63) is 46.6 Å². The normalized spacial score (nSPS) is 25.8. The van der Waals surface area contributed by atoms with Gasteiger partial charge in [0, 0.05) is 0 Å². The maximum absolute atomic E-state index is 2.30. The zero-order chi connectivity index (χ0) is 5.84. The van der Waals surface area contributed by atoms with Crippen molar-refractivity contribution in [2.24, 2.45) is 0 Å². The number of hydrogen-bond donors (Lipinski definition) is 0. The fourth-order valence-corrected chi connectivity index (χ4v) is 1.76. The van der Waals surface area contributed by atoms with Crippen molar-refractivity contribution in [2.75, 3.05) is 0 Å². The molecule has 0 radical (unpaired) electrons. The lowest BCUT2D eigenvalue weighted by atomic mass is 10.0.